The minimum Gasteiger partial charge on any atom is -0.493 e. The molecule has 0 radical (unpaired) electrons. The molecule has 32 heavy (non-hydrogen) atoms. The van der Waals surface area contributed by atoms with E-state index in [1.807, 2.05) is 37.3 Å². The molecule has 7 nitrogen and oxygen atoms in total. The predicted octanol–water partition coefficient (Wildman–Crippen LogP) is 5.62. The molecule has 0 spiro atoms. The van der Waals surface area contributed by atoms with E-state index in [0.717, 1.165) is 44.5 Å². The van der Waals surface area contributed by atoms with Crippen LogP contribution in [0.3, 0.4) is 0 Å². The van der Waals surface area contributed by atoms with E-state index in [2.05, 4.69) is 20.1 Å². The highest BCUT2D eigenvalue weighted by molar-refractivity contribution is 7.98. The van der Waals surface area contributed by atoms with E-state index >= 15 is 0 Å². The molecule has 0 amide bonds. The van der Waals surface area contributed by atoms with E-state index < -0.39 is 0 Å². The van der Waals surface area contributed by atoms with Crippen molar-refractivity contribution in [1.29, 1.82) is 0 Å². The van der Waals surface area contributed by atoms with Crippen molar-refractivity contribution >= 4 is 23.1 Å². The molecule has 3 heterocycles. The van der Waals surface area contributed by atoms with Gasteiger partial charge in [-0.25, -0.2) is 4.98 Å². The summed E-state index contributed by atoms with van der Waals surface area (Å²) in [7, 11) is 1.65. The van der Waals surface area contributed by atoms with E-state index in [4.69, 9.17) is 18.9 Å². The molecule has 0 N–H and O–H groups in total. The minimum absolute atomic E-state index is 0.521. The summed E-state index contributed by atoms with van der Waals surface area (Å²) in [5.74, 6) is 4.68. The quantitative estimate of drug-likeness (QED) is 0.280. The summed E-state index contributed by atoms with van der Waals surface area (Å²) in [5.41, 5.74) is 2.03. The van der Waals surface area contributed by atoms with Gasteiger partial charge in [-0.3, -0.25) is 4.57 Å². The first-order valence-corrected chi connectivity index (χ1v) is 12.5. The van der Waals surface area contributed by atoms with Crippen molar-refractivity contribution in [2.45, 2.75) is 43.1 Å². The van der Waals surface area contributed by atoms with Crippen LogP contribution in [0.4, 0.5) is 0 Å². The van der Waals surface area contributed by atoms with Gasteiger partial charge in [-0.2, -0.15) is 0 Å². The Hall–Kier alpha value is -2.78. The second-order valence-corrected chi connectivity index (χ2v) is 9.31. The average molecular weight is 469 g/mol. The molecule has 1 saturated carbocycles. The maximum absolute atomic E-state index is 5.62. The summed E-state index contributed by atoms with van der Waals surface area (Å²) >= 11 is 3.29. The molecule has 0 saturated heterocycles. The lowest BCUT2D eigenvalue weighted by atomic mass is 10.2. The van der Waals surface area contributed by atoms with Gasteiger partial charge in [0.25, 0.3) is 0 Å². The number of methoxy groups -OCH3 is 1. The summed E-state index contributed by atoms with van der Waals surface area (Å²) in [6.45, 7) is 3.21. The third-order valence-corrected chi connectivity index (χ3v) is 7.13. The number of thioether (sulfide) groups is 1. The van der Waals surface area contributed by atoms with Crippen molar-refractivity contribution < 1.29 is 13.9 Å². The largest absolute Gasteiger partial charge is 0.493 e. The monoisotopic (exact) mass is 468 g/mol. The molecule has 1 aliphatic rings. The van der Waals surface area contributed by atoms with Gasteiger partial charge in [0, 0.05) is 22.6 Å². The van der Waals surface area contributed by atoms with Crippen LogP contribution in [0.15, 0.2) is 51.5 Å². The lowest BCUT2D eigenvalue weighted by molar-refractivity contribution is 0.311. The topological polar surface area (TPSA) is 75.2 Å². The first kappa shape index (κ1) is 21.1. The third kappa shape index (κ3) is 4.54. The molecule has 9 heteroatoms. The molecule has 1 fully saturated rings. The van der Waals surface area contributed by atoms with Gasteiger partial charge in [-0.1, -0.05) is 11.8 Å². The highest BCUT2D eigenvalue weighted by Gasteiger charge is 2.30. The van der Waals surface area contributed by atoms with Crippen molar-refractivity contribution in [3.8, 4) is 22.1 Å². The SMILES string of the molecule is CCOc1ccc(-c2nc(CSc3nnc(C4CC4)n3Cc3ccco3)cs2)cc1OC. The van der Waals surface area contributed by atoms with Gasteiger partial charge in [-0.15, -0.1) is 21.5 Å². The Labute approximate surface area is 194 Å². The van der Waals surface area contributed by atoms with Crippen LogP contribution in [0.5, 0.6) is 11.5 Å². The smallest absolute Gasteiger partial charge is 0.192 e. The molecule has 0 unspecified atom stereocenters. The van der Waals surface area contributed by atoms with E-state index in [1.165, 1.54) is 12.8 Å². The summed E-state index contributed by atoms with van der Waals surface area (Å²) < 4.78 is 18.8. The van der Waals surface area contributed by atoms with Gasteiger partial charge in [-0.05, 0) is 50.1 Å². The highest BCUT2D eigenvalue weighted by atomic mass is 32.2. The van der Waals surface area contributed by atoms with Crippen molar-refractivity contribution in [3.05, 3.63) is 59.3 Å². The fraction of sp³-hybridized carbons (Fsp3) is 0.348. The molecular formula is C23H24N4O3S2. The van der Waals surface area contributed by atoms with Gasteiger partial charge >= 0.3 is 0 Å². The van der Waals surface area contributed by atoms with Crippen LogP contribution in [0.1, 0.15) is 43.0 Å². The van der Waals surface area contributed by atoms with Crippen LogP contribution in [0.2, 0.25) is 0 Å². The summed E-state index contributed by atoms with van der Waals surface area (Å²) in [5, 5.41) is 12.9. The Bertz CT molecular complexity index is 1180. The predicted molar refractivity (Wildman–Crippen MR) is 125 cm³/mol. The van der Waals surface area contributed by atoms with E-state index in [9.17, 15) is 0 Å². The number of hydrogen-bond acceptors (Lipinski definition) is 8. The number of benzene rings is 1. The molecule has 1 aromatic carbocycles. The third-order valence-electron chi connectivity index (χ3n) is 5.19. The van der Waals surface area contributed by atoms with Crippen LogP contribution in [-0.4, -0.2) is 33.5 Å². The molecule has 0 atom stereocenters. The van der Waals surface area contributed by atoms with Crippen LogP contribution in [0, 0.1) is 0 Å². The van der Waals surface area contributed by atoms with Gasteiger partial charge in [0.15, 0.2) is 16.7 Å². The van der Waals surface area contributed by atoms with Crippen molar-refractivity contribution in [2.24, 2.45) is 0 Å². The lowest BCUT2D eigenvalue weighted by Gasteiger charge is -2.10. The van der Waals surface area contributed by atoms with Crippen molar-refractivity contribution in [2.75, 3.05) is 13.7 Å². The standard InChI is InChI=1S/C23H24N4O3S2/c1-3-29-19-9-8-16(11-20(19)28-2)22-24-17(13-31-22)14-32-23-26-25-21(15-6-7-15)27(23)12-18-5-4-10-30-18/h4-5,8-11,13,15H,3,6-7,12,14H2,1-2H3. The van der Waals surface area contributed by atoms with E-state index in [-0.39, 0.29) is 0 Å². The van der Waals surface area contributed by atoms with Crippen LogP contribution in [0.25, 0.3) is 10.6 Å². The minimum atomic E-state index is 0.521. The second-order valence-electron chi connectivity index (χ2n) is 7.51. The Morgan fingerprint density at radius 1 is 1.22 bits per heavy atom. The summed E-state index contributed by atoms with van der Waals surface area (Å²) in [4.78, 5) is 4.83. The molecule has 4 aromatic rings. The molecule has 166 valence electrons. The van der Waals surface area contributed by atoms with Crippen molar-refractivity contribution in [3.63, 3.8) is 0 Å². The summed E-state index contributed by atoms with van der Waals surface area (Å²) in [6.07, 6.45) is 4.07. The van der Waals surface area contributed by atoms with Crippen LogP contribution in [-0.2, 0) is 12.3 Å². The normalized spacial score (nSPS) is 13.4. The Kier molecular flexibility index (Phi) is 6.18. The zero-order valence-corrected chi connectivity index (χ0v) is 19.6. The number of nitrogens with zero attached hydrogens (tertiary/aromatic N) is 4. The Morgan fingerprint density at radius 2 is 2.12 bits per heavy atom. The number of hydrogen-bond donors (Lipinski definition) is 0. The second kappa shape index (κ2) is 9.38. The Balaban J connectivity index is 1.31. The fourth-order valence-corrected chi connectivity index (χ4v) is 5.24. The number of rotatable bonds is 10. The molecule has 1 aliphatic carbocycles. The molecular weight excluding hydrogens is 444 g/mol. The lowest BCUT2D eigenvalue weighted by Crippen LogP contribution is -2.05. The zero-order valence-electron chi connectivity index (χ0n) is 18.0. The van der Waals surface area contributed by atoms with Crippen molar-refractivity contribution in [1.82, 2.24) is 19.7 Å². The molecule has 0 aliphatic heterocycles. The molecule has 5 rings (SSSR count). The average Bonchev–Trinajstić information content (AvgIpc) is 3.18. The maximum atomic E-state index is 5.62. The van der Waals surface area contributed by atoms with E-state index in [0.29, 0.717) is 24.8 Å². The van der Waals surface area contributed by atoms with Crippen LogP contribution < -0.4 is 9.47 Å². The number of aromatic nitrogens is 4. The van der Waals surface area contributed by atoms with E-state index in [1.54, 1.807) is 36.5 Å². The van der Waals surface area contributed by atoms with Crippen LogP contribution >= 0.6 is 23.1 Å². The summed E-state index contributed by atoms with van der Waals surface area (Å²) in [6, 6.07) is 9.83. The van der Waals surface area contributed by atoms with Gasteiger partial charge in [0.1, 0.15) is 16.6 Å². The highest BCUT2D eigenvalue weighted by Crippen LogP contribution is 2.40. The van der Waals surface area contributed by atoms with Gasteiger partial charge in [0.05, 0.1) is 32.2 Å². The molecule has 0 bridgehead atoms. The first-order chi connectivity index (χ1) is 15.7. The number of furan rings is 1. The Morgan fingerprint density at radius 3 is 2.88 bits per heavy atom. The zero-order chi connectivity index (χ0) is 21.9. The number of ether oxygens (including phenoxy) is 2. The van der Waals surface area contributed by atoms with Gasteiger partial charge in [0.2, 0.25) is 0 Å². The fourth-order valence-electron chi connectivity index (χ4n) is 3.48. The number of thiazole rings is 1. The maximum Gasteiger partial charge on any atom is 0.192 e. The first-order valence-electron chi connectivity index (χ1n) is 10.6. The molecule has 3 aromatic heterocycles. The van der Waals surface area contributed by atoms with Gasteiger partial charge < -0.3 is 13.9 Å².